The van der Waals surface area contributed by atoms with Crippen molar-refractivity contribution in [1.29, 1.82) is 0 Å². The van der Waals surface area contributed by atoms with Crippen LogP contribution in [0.3, 0.4) is 0 Å². The van der Waals surface area contributed by atoms with Crippen molar-refractivity contribution in [2.75, 3.05) is 6.61 Å². The van der Waals surface area contributed by atoms with Gasteiger partial charge in [-0.1, -0.05) is 24.3 Å². The predicted octanol–water partition coefficient (Wildman–Crippen LogP) is 1.12. The van der Waals surface area contributed by atoms with Crippen molar-refractivity contribution >= 4 is 5.97 Å². The summed E-state index contributed by atoms with van der Waals surface area (Å²) in [6.07, 6.45) is 0. The number of ether oxygens (including phenoxy) is 1. The average molecular weight is 244 g/mol. The fourth-order valence-corrected chi connectivity index (χ4v) is 1.87. The van der Waals surface area contributed by atoms with E-state index < -0.39 is 24.1 Å². The monoisotopic (exact) mass is 244 g/mol. The van der Waals surface area contributed by atoms with Gasteiger partial charge in [-0.3, -0.25) is 0 Å². The van der Waals surface area contributed by atoms with Crippen LogP contribution in [-0.2, 0) is 21.7 Å². The zero-order chi connectivity index (χ0) is 12.7. The molecule has 0 saturated carbocycles. The van der Waals surface area contributed by atoms with Crippen molar-refractivity contribution in [3.05, 3.63) is 35.4 Å². The zero-order valence-electron chi connectivity index (χ0n) is 8.69. The van der Waals surface area contributed by atoms with Crippen molar-refractivity contribution in [3.8, 4) is 0 Å². The number of carboxylic acids is 1. The largest absolute Gasteiger partial charge is 0.477 e. The van der Waals surface area contributed by atoms with Crippen LogP contribution in [-0.4, -0.2) is 28.7 Å². The third kappa shape index (κ3) is 1.60. The maximum atomic E-state index is 13.6. The summed E-state index contributed by atoms with van der Waals surface area (Å²) in [7, 11) is 0. The Bertz CT molecular complexity index is 461. The molecule has 2 rings (SSSR count). The molecule has 1 aliphatic heterocycles. The maximum absolute atomic E-state index is 13.6. The van der Waals surface area contributed by atoms with E-state index in [4.69, 9.17) is 9.84 Å². The second kappa shape index (κ2) is 3.75. The highest BCUT2D eigenvalue weighted by atomic mass is 19.3. The maximum Gasteiger partial charge on any atom is 0.378 e. The molecular formula is C11H10F2O4. The molecule has 0 spiro atoms. The minimum Gasteiger partial charge on any atom is -0.477 e. The standard InChI is InChI=1S/C11H10F2O4/c12-11(13,9(14)15)10(16)6-17-5-7-3-1-2-4-8(7)10/h1-4,16H,5-6H2,(H,14,15). The molecule has 0 aromatic heterocycles. The number of aliphatic carboxylic acids is 1. The van der Waals surface area contributed by atoms with E-state index in [1.807, 2.05) is 0 Å². The fourth-order valence-electron chi connectivity index (χ4n) is 1.87. The van der Waals surface area contributed by atoms with E-state index in [1.54, 1.807) is 6.07 Å². The molecule has 4 nitrogen and oxygen atoms in total. The molecule has 1 atom stereocenters. The van der Waals surface area contributed by atoms with Crippen molar-refractivity contribution in [2.24, 2.45) is 0 Å². The van der Waals surface area contributed by atoms with Crippen LogP contribution in [0.2, 0.25) is 0 Å². The van der Waals surface area contributed by atoms with E-state index in [2.05, 4.69) is 0 Å². The fraction of sp³-hybridized carbons (Fsp3) is 0.364. The van der Waals surface area contributed by atoms with Crippen molar-refractivity contribution < 1.29 is 28.5 Å². The van der Waals surface area contributed by atoms with Crippen LogP contribution < -0.4 is 0 Å². The first kappa shape index (κ1) is 11.9. The number of rotatable bonds is 2. The highest BCUT2D eigenvalue weighted by Crippen LogP contribution is 2.42. The number of aliphatic hydroxyl groups is 1. The summed E-state index contributed by atoms with van der Waals surface area (Å²) in [6.45, 7) is -0.669. The van der Waals surface area contributed by atoms with Gasteiger partial charge in [0.05, 0.1) is 13.2 Å². The number of alkyl halides is 2. The van der Waals surface area contributed by atoms with Gasteiger partial charge in [-0.2, -0.15) is 8.78 Å². The van der Waals surface area contributed by atoms with Gasteiger partial charge in [0.2, 0.25) is 0 Å². The number of halogens is 2. The van der Waals surface area contributed by atoms with Crippen LogP contribution in [0.4, 0.5) is 8.78 Å². The lowest BCUT2D eigenvalue weighted by Gasteiger charge is -2.37. The molecule has 92 valence electrons. The molecule has 0 aliphatic carbocycles. The Labute approximate surface area is 95.4 Å². The summed E-state index contributed by atoms with van der Waals surface area (Å²) >= 11 is 0. The van der Waals surface area contributed by atoms with Crippen molar-refractivity contribution in [2.45, 2.75) is 18.1 Å². The Hall–Kier alpha value is -1.53. The smallest absolute Gasteiger partial charge is 0.378 e. The number of benzene rings is 1. The minimum atomic E-state index is -4.30. The molecule has 0 bridgehead atoms. The lowest BCUT2D eigenvalue weighted by molar-refractivity contribution is -0.232. The van der Waals surface area contributed by atoms with Crippen LogP contribution in [0.15, 0.2) is 24.3 Å². The van der Waals surface area contributed by atoms with Gasteiger partial charge in [0.25, 0.3) is 0 Å². The van der Waals surface area contributed by atoms with Gasteiger partial charge >= 0.3 is 11.9 Å². The number of fused-ring (bicyclic) bond motifs is 1. The SMILES string of the molecule is O=C(O)C(F)(F)C1(O)COCc2ccccc21. The van der Waals surface area contributed by atoms with Crippen molar-refractivity contribution in [3.63, 3.8) is 0 Å². The third-order valence-electron chi connectivity index (χ3n) is 2.82. The number of hydrogen-bond donors (Lipinski definition) is 2. The normalized spacial score (nSPS) is 24.2. The van der Waals surface area contributed by atoms with E-state index in [1.165, 1.54) is 18.2 Å². The van der Waals surface area contributed by atoms with Gasteiger partial charge in [0.15, 0.2) is 5.60 Å². The minimum absolute atomic E-state index is 0.0776. The summed E-state index contributed by atoms with van der Waals surface area (Å²) in [5.41, 5.74) is -2.56. The van der Waals surface area contributed by atoms with Crippen LogP contribution in [0.5, 0.6) is 0 Å². The molecule has 6 heteroatoms. The first-order valence-corrected chi connectivity index (χ1v) is 4.89. The molecule has 1 aromatic rings. The molecule has 17 heavy (non-hydrogen) atoms. The summed E-state index contributed by atoms with van der Waals surface area (Å²) in [6, 6.07) is 5.87. The first-order chi connectivity index (χ1) is 7.89. The summed E-state index contributed by atoms with van der Waals surface area (Å²) < 4.78 is 32.0. The second-order valence-electron chi connectivity index (χ2n) is 3.89. The second-order valence-corrected chi connectivity index (χ2v) is 3.89. The van der Waals surface area contributed by atoms with Crippen molar-refractivity contribution in [1.82, 2.24) is 0 Å². The quantitative estimate of drug-likeness (QED) is 0.818. The Morgan fingerprint density at radius 1 is 1.41 bits per heavy atom. The van der Waals surface area contributed by atoms with Crippen LogP contribution in [0.25, 0.3) is 0 Å². The number of carbonyl (C=O) groups is 1. The predicted molar refractivity (Wildman–Crippen MR) is 52.6 cm³/mol. The topological polar surface area (TPSA) is 66.8 Å². The van der Waals surface area contributed by atoms with Crippen LogP contribution in [0, 0.1) is 0 Å². The van der Waals surface area contributed by atoms with Gasteiger partial charge in [-0.25, -0.2) is 4.79 Å². The van der Waals surface area contributed by atoms with Gasteiger partial charge in [0, 0.05) is 0 Å². The molecule has 2 N–H and O–H groups in total. The molecule has 0 fully saturated rings. The Kier molecular flexibility index (Phi) is 2.63. The van der Waals surface area contributed by atoms with Gasteiger partial charge < -0.3 is 14.9 Å². The lowest BCUT2D eigenvalue weighted by atomic mass is 9.83. The molecule has 1 heterocycles. The van der Waals surface area contributed by atoms with Gasteiger partial charge in [-0.05, 0) is 11.1 Å². The molecular weight excluding hydrogens is 234 g/mol. The first-order valence-electron chi connectivity index (χ1n) is 4.89. The molecule has 1 aliphatic rings. The van der Waals surface area contributed by atoms with Crippen LogP contribution in [0.1, 0.15) is 11.1 Å². The van der Waals surface area contributed by atoms with E-state index >= 15 is 0 Å². The van der Waals surface area contributed by atoms with E-state index in [0.29, 0.717) is 5.56 Å². The zero-order valence-corrected chi connectivity index (χ0v) is 8.69. The molecule has 0 radical (unpaired) electrons. The molecule has 1 unspecified atom stereocenters. The summed E-state index contributed by atoms with van der Waals surface area (Å²) in [5, 5.41) is 18.5. The number of hydrogen-bond acceptors (Lipinski definition) is 3. The molecule has 1 aromatic carbocycles. The number of carboxylic acid groups (broad SMARTS) is 1. The van der Waals surface area contributed by atoms with Gasteiger partial charge in [-0.15, -0.1) is 0 Å². The van der Waals surface area contributed by atoms with Gasteiger partial charge in [0.1, 0.15) is 0 Å². The summed E-state index contributed by atoms with van der Waals surface area (Å²) in [4.78, 5) is 10.6. The summed E-state index contributed by atoms with van der Waals surface area (Å²) in [5.74, 6) is -6.68. The third-order valence-corrected chi connectivity index (χ3v) is 2.82. The van der Waals surface area contributed by atoms with E-state index in [0.717, 1.165) is 0 Å². The molecule has 0 amide bonds. The molecule has 0 saturated heterocycles. The Balaban J connectivity index is 2.57. The highest BCUT2D eigenvalue weighted by Gasteiger charge is 2.61. The average Bonchev–Trinajstić information content (AvgIpc) is 2.29. The lowest BCUT2D eigenvalue weighted by Crippen LogP contribution is -2.55. The Morgan fingerprint density at radius 2 is 2.06 bits per heavy atom. The van der Waals surface area contributed by atoms with E-state index in [-0.39, 0.29) is 12.2 Å². The Morgan fingerprint density at radius 3 is 2.71 bits per heavy atom. The van der Waals surface area contributed by atoms with Crippen LogP contribution >= 0.6 is 0 Å². The van der Waals surface area contributed by atoms with E-state index in [9.17, 15) is 18.7 Å². The highest BCUT2D eigenvalue weighted by molar-refractivity contribution is 5.77.